The summed E-state index contributed by atoms with van der Waals surface area (Å²) in [5, 5.41) is 2.86. The number of anilines is 2. The molecule has 1 heterocycles. The average molecular weight is 354 g/mol. The molecule has 1 aliphatic rings. The van der Waals surface area contributed by atoms with Gasteiger partial charge in [-0.1, -0.05) is 19.1 Å². The molecule has 6 nitrogen and oxygen atoms in total. The number of hydrogen-bond donors (Lipinski definition) is 1. The van der Waals surface area contributed by atoms with E-state index in [0.29, 0.717) is 35.0 Å². The molecule has 0 bridgehead atoms. The number of carbonyl (C=O) groups excluding carboxylic acids is 2. The Balaban J connectivity index is 1.82. The predicted molar refractivity (Wildman–Crippen MR) is 100 cm³/mol. The van der Waals surface area contributed by atoms with E-state index >= 15 is 0 Å². The van der Waals surface area contributed by atoms with Crippen LogP contribution in [0.1, 0.15) is 30.6 Å². The molecule has 0 radical (unpaired) electrons. The number of benzene rings is 2. The first-order valence-corrected chi connectivity index (χ1v) is 8.62. The standard InChI is InChI=1S/C20H22N2O4/c1-4-11-25-17-8-6-5-7-15(17)19(23)21-14-9-10-18-16(12-14)22(3)20(24)13(2)26-18/h5-10,12-13H,4,11H2,1-3H3,(H,21,23)/t13-/m0/s1. The van der Waals surface area contributed by atoms with Crippen molar-refractivity contribution in [2.45, 2.75) is 26.4 Å². The summed E-state index contributed by atoms with van der Waals surface area (Å²) in [4.78, 5) is 26.3. The summed E-state index contributed by atoms with van der Waals surface area (Å²) in [6.45, 7) is 4.27. The number of nitrogens with zero attached hydrogens (tertiary/aromatic N) is 1. The number of ether oxygens (including phenoxy) is 2. The summed E-state index contributed by atoms with van der Waals surface area (Å²) < 4.78 is 11.2. The first-order chi connectivity index (χ1) is 12.5. The van der Waals surface area contributed by atoms with Gasteiger partial charge in [0, 0.05) is 12.7 Å². The summed E-state index contributed by atoms with van der Waals surface area (Å²) in [5.74, 6) is 0.772. The van der Waals surface area contributed by atoms with Crippen molar-refractivity contribution in [1.82, 2.24) is 0 Å². The molecule has 2 aromatic carbocycles. The van der Waals surface area contributed by atoms with Gasteiger partial charge in [0.1, 0.15) is 11.5 Å². The first-order valence-electron chi connectivity index (χ1n) is 8.62. The van der Waals surface area contributed by atoms with Crippen LogP contribution in [0.15, 0.2) is 42.5 Å². The third kappa shape index (κ3) is 3.49. The zero-order valence-electron chi connectivity index (χ0n) is 15.1. The molecule has 0 spiro atoms. The van der Waals surface area contributed by atoms with Crippen LogP contribution in [-0.4, -0.2) is 31.6 Å². The van der Waals surface area contributed by atoms with E-state index in [1.165, 1.54) is 4.90 Å². The van der Waals surface area contributed by atoms with E-state index in [1.54, 1.807) is 50.4 Å². The van der Waals surface area contributed by atoms with Crippen LogP contribution in [0.5, 0.6) is 11.5 Å². The second-order valence-corrected chi connectivity index (χ2v) is 6.14. The number of carbonyl (C=O) groups is 2. The van der Waals surface area contributed by atoms with Crippen LogP contribution in [0.2, 0.25) is 0 Å². The van der Waals surface area contributed by atoms with Gasteiger partial charge >= 0.3 is 0 Å². The molecule has 1 atom stereocenters. The third-order valence-electron chi connectivity index (χ3n) is 4.15. The topological polar surface area (TPSA) is 67.9 Å². The fraction of sp³-hybridized carbons (Fsp3) is 0.300. The maximum absolute atomic E-state index is 12.7. The molecule has 2 aromatic rings. The summed E-state index contributed by atoms with van der Waals surface area (Å²) >= 11 is 0. The van der Waals surface area contributed by atoms with E-state index in [9.17, 15) is 9.59 Å². The largest absolute Gasteiger partial charge is 0.493 e. The molecular formula is C20H22N2O4. The monoisotopic (exact) mass is 354 g/mol. The van der Waals surface area contributed by atoms with Crippen molar-refractivity contribution in [3.8, 4) is 11.5 Å². The average Bonchev–Trinajstić information content (AvgIpc) is 2.65. The number of nitrogens with one attached hydrogen (secondary N) is 1. The Labute approximate surface area is 152 Å². The van der Waals surface area contributed by atoms with Crippen LogP contribution in [0.3, 0.4) is 0 Å². The molecular weight excluding hydrogens is 332 g/mol. The minimum Gasteiger partial charge on any atom is -0.493 e. The molecule has 6 heteroatoms. The van der Waals surface area contributed by atoms with Gasteiger partial charge in [0.2, 0.25) is 0 Å². The van der Waals surface area contributed by atoms with Gasteiger partial charge in [-0.15, -0.1) is 0 Å². The van der Waals surface area contributed by atoms with Gasteiger partial charge in [0.15, 0.2) is 6.10 Å². The molecule has 1 aliphatic heterocycles. The molecule has 26 heavy (non-hydrogen) atoms. The van der Waals surface area contributed by atoms with Crippen molar-refractivity contribution in [3.05, 3.63) is 48.0 Å². The fourth-order valence-electron chi connectivity index (χ4n) is 2.78. The normalized spacial score (nSPS) is 15.9. The Bertz CT molecular complexity index is 834. The van der Waals surface area contributed by atoms with Crippen LogP contribution in [0.4, 0.5) is 11.4 Å². The highest BCUT2D eigenvalue weighted by Crippen LogP contribution is 2.35. The fourth-order valence-corrected chi connectivity index (χ4v) is 2.78. The van der Waals surface area contributed by atoms with Crippen LogP contribution < -0.4 is 19.7 Å². The van der Waals surface area contributed by atoms with E-state index < -0.39 is 6.10 Å². The minimum atomic E-state index is -0.518. The molecule has 136 valence electrons. The Morgan fingerprint density at radius 2 is 2.04 bits per heavy atom. The highest BCUT2D eigenvalue weighted by Gasteiger charge is 2.29. The van der Waals surface area contributed by atoms with E-state index in [2.05, 4.69) is 5.32 Å². The second-order valence-electron chi connectivity index (χ2n) is 6.14. The molecule has 0 unspecified atom stereocenters. The van der Waals surface area contributed by atoms with E-state index in [1.807, 2.05) is 13.0 Å². The van der Waals surface area contributed by atoms with Crippen molar-refractivity contribution in [3.63, 3.8) is 0 Å². The van der Waals surface area contributed by atoms with E-state index in [4.69, 9.17) is 9.47 Å². The third-order valence-corrected chi connectivity index (χ3v) is 4.15. The Morgan fingerprint density at radius 1 is 1.27 bits per heavy atom. The lowest BCUT2D eigenvalue weighted by atomic mass is 10.1. The van der Waals surface area contributed by atoms with Crippen molar-refractivity contribution < 1.29 is 19.1 Å². The summed E-state index contributed by atoms with van der Waals surface area (Å²) in [6.07, 6.45) is 0.343. The Morgan fingerprint density at radius 3 is 2.81 bits per heavy atom. The molecule has 0 fully saturated rings. The van der Waals surface area contributed by atoms with Crippen molar-refractivity contribution >= 4 is 23.2 Å². The number of rotatable bonds is 5. The zero-order valence-corrected chi connectivity index (χ0v) is 15.1. The number of amides is 2. The molecule has 2 amide bonds. The summed E-state index contributed by atoms with van der Waals surface area (Å²) in [7, 11) is 1.69. The van der Waals surface area contributed by atoms with Gasteiger partial charge in [-0.3, -0.25) is 9.59 Å². The first kappa shape index (κ1) is 17.8. The quantitative estimate of drug-likeness (QED) is 0.893. The van der Waals surface area contributed by atoms with Gasteiger partial charge in [-0.05, 0) is 43.7 Å². The van der Waals surface area contributed by atoms with Gasteiger partial charge in [-0.25, -0.2) is 0 Å². The van der Waals surface area contributed by atoms with Crippen LogP contribution in [0.25, 0.3) is 0 Å². The lowest BCUT2D eigenvalue weighted by Crippen LogP contribution is -2.41. The van der Waals surface area contributed by atoms with Gasteiger partial charge < -0.3 is 19.7 Å². The molecule has 3 rings (SSSR count). The highest BCUT2D eigenvalue weighted by atomic mass is 16.5. The Kier molecular flexibility index (Phi) is 5.11. The van der Waals surface area contributed by atoms with Crippen LogP contribution in [0, 0.1) is 0 Å². The number of para-hydroxylation sites is 1. The maximum Gasteiger partial charge on any atom is 0.267 e. The van der Waals surface area contributed by atoms with Gasteiger partial charge in [0.25, 0.3) is 11.8 Å². The van der Waals surface area contributed by atoms with E-state index in [0.717, 1.165) is 6.42 Å². The van der Waals surface area contributed by atoms with Crippen molar-refractivity contribution in [2.75, 3.05) is 23.9 Å². The van der Waals surface area contributed by atoms with Gasteiger partial charge in [0.05, 0.1) is 17.9 Å². The number of fused-ring (bicyclic) bond motifs is 1. The van der Waals surface area contributed by atoms with Crippen LogP contribution in [-0.2, 0) is 4.79 Å². The lowest BCUT2D eigenvalue weighted by molar-refractivity contribution is -0.125. The van der Waals surface area contributed by atoms with Gasteiger partial charge in [-0.2, -0.15) is 0 Å². The second kappa shape index (κ2) is 7.47. The molecule has 0 saturated carbocycles. The van der Waals surface area contributed by atoms with Crippen molar-refractivity contribution in [1.29, 1.82) is 0 Å². The lowest BCUT2D eigenvalue weighted by Gasteiger charge is -2.30. The minimum absolute atomic E-state index is 0.126. The summed E-state index contributed by atoms with van der Waals surface area (Å²) in [6, 6.07) is 12.4. The maximum atomic E-state index is 12.7. The molecule has 0 aromatic heterocycles. The molecule has 1 N–H and O–H groups in total. The smallest absolute Gasteiger partial charge is 0.267 e. The van der Waals surface area contributed by atoms with Crippen molar-refractivity contribution in [2.24, 2.45) is 0 Å². The SMILES string of the molecule is CCCOc1ccccc1C(=O)Nc1ccc2c(c1)N(C)C(=O)[C@H](C)O2. The summed E-state index contributed by atoms with van der Waals surface area (Å²) in [5.41, 5.74) is 1.67. The Hall–Kier alpha value is -3.02. The number of likely N-dealkylation sites (N-methyl/N-ethyl adjacent to an activating group) is 1. The highest BCUT2D eigenvalue weighted by molar-refractivity contribution is 6.07. The number of hydrogen-bond acceptors (Lipinski definition) is 4. The predicted octanol–water partition coefficient (Wildman–Crippen LogP) is 3.47. The van der Waals surface area contributed by atoms with E-state index in [-0.39, 0.29) is 11.8 Å². The molecule has 0 aliphatic carbocycles. The van der Waals surface area contributed by atoms with Crippen LogP contribution >= 0.6 is 0 Å². The zero-order chi connectivity index (χ0) is 18.7. The molecule has 0 saturated heterocycles.